The summed E-state index contributed by atoms with van der Waals surface area (Å²) in [5.41, 5.74) is 0.459. The van der Waals surface area contributed by atoms with Gasteiger partial charge in [-0.15, -0.1) is 0 Å². The average molecular weight is 267 g/mol. The lowest BCUT2D eigenvalue weighted by Gasteiger charge is -2.08. The highest BCUT2D eigenvalue weighted by Gasteiger charge is 2.07. The molecule has 1 aromatic carbocycles. The molecule has 94 valence electrons. The van der Waals surface area contributed by atoms with E-state index in [1.54, 1.807) is 24.5 Å². The highest BCUT2D eigenvalue weighted by molar-refractivity contribution is 7.98. The highest BCUT2D eigenvalue weighted by Crippen LogP contribution is 2.16. The number of hydrogen-bond acceptors (Lipinski definition) is 4. The summed E-state index contributed by atoms with van der Waals surface area (Å²) in [6.45, 7) is 0.175. The van der Waals surface area contributed by atoms with Crippen LogP contribution in [0.5, 0.6) is 0 Å². The zero-order valence-electron chi connectivity index (χ0n) is 9.65. The van der Waals surface area contributed by atoms with Gasteiger partial charge in [-0.3, -0.25) is 0 Å². The summed E-state index contributed by atoms with van der Waals surface area (Å²) in [6, 6.07) is 6.33. The van der Waals surface area contributed by atoms with E-state index in [-0.39, 0.29) is 18.2 Å². The Morgan fingerprint density at radius 3 is 2.72 bits per heavy atom. The third-order valence-electron chi connectivity index (χ3n) is 2.31. The lowest BCUT2D eigenvalue weighted by molar-refractivity contribution is 0.602. The Balaban J connectivity index is 2.13. The van der Waals surface area contributed by atoms with Crippen molar-refractivity contribution in [3.63, 3.8) is 0 Å². The van der Waals surface area contributed by atoms with Crippen LogP contribution in [0.2, 0.25) is 0 Å². The first-order valence-corrected chi connectivity index (χ1v) is 6.47. The van der Waals surface area contributed by atoms with E-state index in [9.17, 15) is 8.78 Å². The van der Waals surface area contributed by atoms with Crippen molar-refractivity contribution >= 4 is 17.6 Å². The fourth-order valence-corrected chi connectivity index (χ4v) is 1.73. The van der Waals surface area contributed by atoms with Crippen LogP contribution in [-0.4, -0.2) is 16.2 Å². The Kier molecular flexibility index (Phi) is 4.09. The van der Waals surface area contributed by atoms with Crippen molar-refractivity contribution in [2.24, 2.45) is 0 Å². The highest BCUT2D eigenvalue weighted by atomic mass is 32.2. The first kappa shape index (κ1) is 12.8. The van der Waals surface area contributed by atoms with Gasteiger partial charge < -0.3 is 5.32 Å². The van der Waals surface area contributed by atoms with Crippen LogP contribution >= 0.6 is 11.8 Å². The molecule has 18 heavy (non-hydrogen) atoms. The van der Waals surface area contributed by atoms with Crippen LogP contribution < -0.4 is 5.32 Å². The van der Waals surface area contributed by atoms with E-state index in [0.717, 1.165) is 6.20 Å². The largest absolute Gasteiger partial charge is 0.363 e. The predicted octanol–water partition coefficient (Wildman–Crippen LogP) is 3.09. The van der Waals surface area contributed by atoms with Crippen molar-refractivity contribution in [2.75, 3.05) is 11.6 Å². The van der Waals surface area contributed by atoms with E-state index in [4.69, 9.17) is 0 Å². The minimum atomic E-state index is -0.552. The Labute approximate surface area is 108 Å². The van der Waals surface area contributed by atoms with Gasteiger partial charge in [0, 0.05) is 12.1 Å². The van der Waals surface area contributed by atoms with E-state index in [1.807, 2.05) is 0 Å². The maximum atomic E-state index is 13.4. The number of hydrogen-bond donors (Lipinski definition) is 1. The van der Waals surface area contributed by atoms with Crippen molar-refractivity contribution in [1.29, 1.82) is 0 Å². The SMILES string of the molecule is CSc1ncc(F)c(NCc2ccccc2F)n1. The third-order valence-corrected chi connectivity index (χ3v) is 2.87. The van der Waals surface area contributed by atoms with Crippen molar-refractivity contribution < 1.29 is 8.78 Å². The average Bonchev–Trinajstić information content (AvgIpc) is 2.39. The first-order valence-electron chi connectivity index (χ1n) is 5.24. The van der Waals surface area contributed by atoms with Gasteiger partial charge in [0.1, 0.15) is 5.82 Å². The van der Waals surface area contributed by atoms with E-state index in [2.05, 4.69) is 15.3 Å². The predicted molar refractivity (Wildman–Crippen MR) is 67.5 cm³/mol. The van der Waals surface area contributed by atoms with Crippen LogP contribution in [0, 0.1) is 11.6 Å². The molecule has 0 saturated heterocycles. The van der Waals surface area contributed by atoms with E-state index < -0.39 is 5.82 Å². The number of aromatic nitrogens is 2. The second-order valence-corrected chi connectivity index (χ2v) is 4.27. The monoisotopic (exact) mass is 267 g/mol. The second kappa shape index (κ2) is 5.77. The molecule has 1 N–H and O–H groups in total. The molecule has 0 aliphatic carbocycles. The summed E-state index contributed by atoms with van der Waals surface area (Å²) in [5.74, 6) is -0.800. The van der Waals surface area contributed by atoms with Gasteiger partial charge in [-0.05, 0) is 12.3 Å². The topological polar surface area (TPSA) is 37.8 Å². The molecule has 0 radical (unpaired) electrons. The van der Waals surface area contributed by atoms with Gasteiger partial charge >= 0.3 is 0 Å². The lowest BCUT2D eigenvalue weighted by Crippen LogP contribution is -2.06. The molecule has 6 heteroatoms. The van der Waals surface area contributed by atoms with Crippen LogP contribution in [-0.2, 0) is 6.54 Å². The Morgan fingerprint density at radius 1 is 1.22 bits per heavy atom. The summed E-state index contributed by atoms with van der Waals surface area (Å²) < 4.78 is 26.8. The first-order chi connectivity index (χ1) is 8.70. The molecule has 0 unspecified atom stereocenters. The molecule has 1 aromatic heterocycles. The maximum absolute atomic E-state index is 13.4. The van der Waals surface area contributed by atoms with Gasteiger partial charge in [0.15, 0.2) is 16.8 Å². The number of anilines is 1. The molecule has 0 aliphatic rings. The molecule has 0 amide bonds. The molecule has 1 heterocycles. The molecule has 0 spiro atoms. The van der Waals surface area contributed by atoms with Gasteiger partial charge in [-0.2, -0.15) is 0 Å². The van der Waals surface area contributed by atoms with Crippen molar-refractivity contribution in [3.8, 4) is 0 Å². The van der Waals surface area contributed by atoms with E-state index in [1.165, 1.54) is 17.8 Å². The fraction of sp³-hybridized carbons (Fsp3) is 0.167. The van der Waals surface area contributed by atoms with Crippen LogP contribution in [0.15, 0.2) is 35.6 Å². The maximum Gasteiger partial charge on any atom is 0.189 e. The number of thioether (sulfide) groups is 1. The molecule has 0 saturated carbocycles. The second-order valence-electron chi connectivity index (χ2n) is 3.50. The molecular formula is C12H11F2N3S. The summed E-state index contributed by atoms with van der Waals surface area (Å²) in [7, 11) is 0. The van der Waals surface area contributed by atoms with Gasteiger partial charge in [0.25, 0.3) is 0 Å². The quantitative estimate of drug-likeness (QED) is 0.682. The fourth-order valence-electron chi connectivity index (χ4n) is 1.39. The van der Waals surface area contributed by atoms with Crippen LogP contribution in [0.4, 0.5) is 14.6 Å². The van der Waals surface area contributed by atoms with Gasteiger partial charge in [0.05, 0.1) is 6.20 Å². The van der Waals surface area contributed by atoms with Gasteiger partial charge in [-0.25, -0.2) is 18.7 Å². The number of halogens is 2. The summed E-state index contributed by atoms with van der Waals surface area (Å²) in [4.78, 5) is 7.77. The zero-order valence-corrected chi connectivity index (χ0v) is 10.5. The molecule has 0 atom stereocenters. The van der Waals surface area contributed by atoms with Gasteiger partial charge in [-0.1, -0.05) is 30.0 Å². The van der Waals surface area contributed by atoms with Crippen molar-refractivity contribution in [1.82, 2.24) is 9.97 Å². The number of benzene rings is 1. The summed E-state index contributed by atoms with van der Waals surface area (Å²) >= 11 is 1.31. The molecule has 2 rings (SSSR count). The molecule has 3 nitrogen and oxygen atoms in total. The Morgan fingerprint density at radius 2 is 2.00 bits per heavy atom. The van der Waals surface area contributed by atoms with Crippen LogP contribution in [0.1, 0.15) is 5.56 Å². The smallest absolute Gasteiger partial charge is 0.189 e. The minimum absolute atomic E-state index is 0.0811. The number of nitrogens with one attached hydrogen (secondary N) is 1. The normalized spacial score (nSPS) is 10.4. The van der Waals surface area contributed by atoms with Crippen LogP contribution in [0.3, 0.4) is 0 Å². The third kappa shape index (κ3) is 2.95. The summed E-state index contributed by atoms with van der Waals surface area (Å²) in [5, 5.41) is 3.23. The van der Waals surface area contributed by atoms with Gasteiger partial charge in [0.2, 0.25) is 0 Å². The molecule has 2 aromatic rings. The Hall–Kier alpha value is -1.69. The molecule has 0 aliphatic heterocycles. The van der Waals surface area contributed by atoms with E-state index >= 15 is 0 Å². The molecular weight excluding hydrogens is 256 g/mol. The molecule has 0 bridgehead atoms. The van der Waals surface area contributed by atoms with Crippen LogP contribution in [0.25, 0.3) is 0 Å². The molecule has 0 fully saturated rings. The van der Waals surface area contributed by atoms with Crippen molar-refractivity contribution in [2.45, 2.75) is 11.7 Å². The standard InChI is InChI=1S/C12H11F2N3S/c1-18-12-16-7-10(14)11(17-12)15-6-8-4-2-3-5-9(8)13/h2-5,7H,6H2,1H3,(H,15,16,17). The lowest BCUT2D eigenvalue weighted by atomic mass is 10.2. The number of nitrogens with zero attached hydrogens (tertiary/aromatic N) is 2. The minimum Gasteiger partial charge on any atom is -0.363 e. The zero-order chi connectivity index (χ0) is 13.0. The van der Waals surface area contributed by atoms with E-state index in [0.29, 0.717) is 10.7 Å². The Bertz CT molecular complexity index is 549. The number of rotatable bonds is 4. The summed E-state index contributed by atoms with van der Waals surface area (Å²) in [6.07, 6.45) is 2.90. The van der Waals surface area contributed by atoms with Crippen molar-refractivity contribution in [3.05, 3.63) is 47.7 Å².